The van der Waals surface area contributed by atoms with Gasteiger partial charge in [0.2, 0.25) is 0 Å². The topological polar surface area (TPSA) is 27.6 Å². The summed E-state index contributed by atoms with van der Waals surface area (Å²) in [5.41, 5.74) is 4.29. The monoisotopic (exact) mass is 429 g/mol. The second-order valence-corrected chi connectivity index (χ2v) is 7.08. The van der Waals surface area contributed by atoms with Gasteiger partial charge in [-0.05, 0) is 42.7 Å². The van der Waals surface area contributed by atoms with Gasteiger partial charge in [-0.3, -0.25) is 4.99 Å². The van der Waals surface area contributed by atoms with E-state index in [1.165, 1.54) is 23.9 Å². The van der Waals surface area contributed by atoms with Crippen molar-refractivity contribution in [2.24, 2.45) is 4.99 Å². The summed E-state index contributed by atoms with van der Waals surface area (Å²) in [5.74, 6) is -0.276. The molecule has 1 unspecified atom stereocenters. The standard InChI is InChI=1S/C16H15F2N.C8H16N2.C2H6/c1-11(13-3-7-15(17)8-4-13)19-12(2)14-5-9-16(18)10-6-14;1-3-8(2)10-6-4-9-5-7-10;1-2/h3-7,9-10,15H,1,8H2,2H3;9H,2-7H2,1H3;1-2H3. The number of hydrogen-bond donors (Lipinski definition) is 1. The van der Waals surface area contributed by atoms with Crippen molar-refractivity contribution in [3.05, 3.63) is 84.0 Å². The first kappa shape index (κ1) is 26.5. The summed E-state index contributed by atoms with van der Waals surface area (Å²) in [5, 5.41) is 3.31. The van der Waals surface area contributed by atoms with Crippen LogP contribution < -0.4 is 5.32 Å². The van der Waals surface area contributed by atoms with Gasteiger partial charge in [0.25, 0.3) is 0 Å². The van der Waals surface area contributed by atoms with E-state index in [1.807, 2.05) is 20.8 Å². The number of halogens is 2. The summed E-state index contributed by atoms with van der Waals surface area (Å²) in [7, 11) is 0. The molecular weight excluding hydrogens is 392 g/mol. The molecule has 0 spiro atoms. The Balaban J connectivity index is 0.000000337. The first-order valence-electron chi connectivity index (χ1n) is 11.1. The van der Waals surface area contributed by atoms with Gasteiger partial charge in [-0.25, -0.2) is 8.78 Å². The lowest BCUT2D eigenvalue weighted by Crippen LogP contribution is -2.42. The largest absolute Gasteiger partial charge is 0.373 e. The molecule has 2 aliphatic rings. The predicted molar refractivity (Wildman–Crippen MR) is 130 cm³/mol. The molecule has 3 rings (SSSR count). The maximum Gasteiger partial charge on any atom is 0.123 e. The Morgan fingerprint density at radius 1 is 1.16 bits per heavy atom. The van der Waals surface area contributed by atoms with Crippen LogP contribution in [0.25, 0.3) is 0 Å². The van der Waals surface area contributed by atoms with Crippen molar-refractivity contribution >= 4 is 5.71 Å². The Bertz CT molecular complexity index is 785. The Morgan fingerprint density at radius 3 is 2.29 bits per heavy atom. The van der Waals surface area contributed by atoms with Crippen molar-refractivity contribution in [3.63, 3.8) is 0 Å². The third kappa shape index (κ3) is 9.43. The minimum atomic E-state index is -0.918. The van der Waals surface area contributed by atoms with Crippen molar-refractivity contribution in [1.29, 1.82) is 0 Å². The van der Waals surface area contributed by atoms with E-state index >= 15 is 0 Å². The molecule has 0 radical (unpaired) electrons. The van der Waals surface area contributed by atoms with E-state index < -0.39 is 6.17 Å². The van der Waals surface area contributed by atoms with Crippen LogP contribution in [0.5, 0.6) is 0 Å². The molecule has 1 saturated heterocycles. The number of alkyl halides is 1. The maximum absolute atomic E-state index is 13.0. The molecule has 1 aromatic rings. The molecular formula is C26H37F2N3. The number of benzene rings is 1. The summed E-state index contributed by atoms with van der Waals surface area (Å²) in [6, 6.07) is 6.13. The van der Waals surface area contributed by atoms with Crippen LogP contribution in [-0.2, 0) is 0 Å². The Morgan fingerprint density at radius 2 is 1.77 bits per heavy atom. The average Bonchev–Trinajstić information content (AvgIpc) is 2.81. The molecule has 0 amide bonds. The lowest BCUT2D eigenvalue weighted by atomic mass is 10.0. The summed E-state index contributed by atoms with van der Waals surface area (Å²) < 4.78 is 25.8. The highest BCUT2D eigenvalue weighted by molar-refractivity contribution is 5.99. The van der Waals surface area contributed by atoms with Crippen LogP contribution in [-0.4, -0.2) is 43.0 Å². The normalized spacial score (nSPS) is 18.1. The summed E-state index contributed by atoms with van der Waals surface area (Å²) in [6.45, 7) is 20.4. The number of piperazine rings is 1. The van der Waals surface area contributed by atoms with Crippen LogP contribution in [0.15, 0.2) is 77.6 Å². The lowest BCUT2D eigenvalue weighted by molar-refractivity contribution is 0.293. The fourth-order valence-electron chi connectivity index (χ4n) is 3.04. The third-order valence-corrected chi connectivity index (χ3v) is 4.92. The van der Waals surface area contributed by atoms with Gasteiger partial charge >= 0.3 is 0 Å². The van der Waals surface area contributed by atoms with E-state index in [0.29, 0.717) is 12.1 Å². The summed E-state index contributed by atoms with van der Waals surface area (Å²) in [4.78, 5) is 6.74. The van der Waals surface area contributed by atoms with Crippen LogP contribution in [0, 0.1) is 5.82 Å². The molecule has 0 saturated carbocycles. The Labute approximate surface area is 187 Å². The quantitative estimate of drug-likeness (QED) is 0.563. The first-order chi connectivity index (χ1) is 14.9. The Hall–Kier alpha value is -2.53. The molecule has 0 aromatic heterocycles. The summed E-state index contributed by atoms with van der Waals surface area (Å²) >= 11 is 0. The minimum Gasteiger partial charge on any atom is -0.373 e. The third-order valence-electron chi connectivity index (χ3n) is 4.92. The van der Waals surface area contributed by atoms with Crippen molar-refractivity contribution in [1.82, 2.24) is 10.2 Å². The van der Waals surface area contributed by atoms with E-state index in [1.54, 1.807) is 24.3 Å². The zero-order chi connectivity index (χ0) is 23.2. The van der Waals surface area contributed by atoms with Gasteiger partial charge in [0.05, 0.1) is 5.70 Å². The molecule has 5 heteroatoms. The van der Waals surface area contributed by atoms with Crippen LogP contribution in [0.4, 0.5) is 8.78 Å². The van der Waals surface area contributed by atoms with Gasteiger partial charge in [0, 0.05) is 44.0 Å². The number of hydrogen-bond acceptors (Lipinski definition) is 3. The molecule has 3 nitrogen and oxygen atoms in total. The predicted octanol–water partition coefficient (Wildman–Crippen LogP) is 6.21. The average molecular weight is 430 g/mol. The molecule has 1 heterocycles. The van der Waals surface area contributed by atoms with Crippen molar-refractivity contribution in [3.8, 4) is 0 Å². The van der Waals surface area contributed by atoms with Gasteiger partial charge < -0.3 is 10.2 Å². The van der Waals surface area contributed by atoms with E-state index in [2.05, 4.69) is 35.3 Å². The first-order valence-corrected chi connectivity index (χ1v) is 11.1. The zero-order valence-corrected chi connectivity index (χ0v) is 19.4. The number of nitrogens with zero attached hydrogens (tertiary/aromatic N) is 2. The van der Waals surface area contributed by atoms with Crippen LogP contribution in [0.2, 0.25) is 0 Å². The number of aliphatic imine (C=N–C) groups is 1. The second-order valence-electron chi connectivity index (χ2n) is 7.08. The lowest BCUT2D eigenvalue weighted by Gasteiger charge is -2.30. The fourth-order valence-corrected chi connectivity index (χ4v) is 3.04. The molecule has 1 atom stereocenters. The number of rotatable bonds is 5. The van der Waals surface area contributed by atoms with Crippen molar-refractivity contribution < 1.29 is 8.78 Å². The molecule has 1 aromatic carbocycles. The van der Waals surface area contributed by atoms with Gasteiger partial charge in [-0.1, -0.05) is 58.2 Å². The van der Waals surface area contributed by atoms with E-state index in [-0.39, 0.29) is 5.82 Å². The molecule has 31 heavy (non-hydrogen) atoms. The van der Waals surface area contributed by atoms with Crippen LogP contribution in [0.3, 0.4) is 0 Å². The second kappa shape index (κ2) is 14.5. The van der Waals surface area contributed by atoms with Gasteiger partial charge in [-0.15, -0.1) is 0 Å². The maximum atomic E-state index is 13.0. The highest BCUT2D eigenvalue weighted by Gasteiger charge is 2.09. The molecule has 170 valence electrons. The molecule has 1 aliphatic carbocycles. The van der Waals surface area contributed by atoms with Crippen LogP contribution >= 0.6 is 0 Å². The molecule has 1 N–H and O–H groups in total. The molecule has 1 aliphatic heterocycles. The van der Waals surface area contributed by atoms with Gasteiger partial charge in [0.1, 0.15) is 12.0 Å². The highest BCUT2D eigenvalue weighted by atomic mass is 19.1. The highest BCUT2D eigenvalue weighted by Crippen LogP contribution is 2.20. The minimum absolute atomic E-state index is 0.276. The van der Waals surface area contributed by atoms with Crippen molar-refractivity contribution in [2.45, 2.75) is 46.7 Å². The molecule has 0 bridgehead atoms. The van der Waals surface area contributed by atoms with Gasteiger partial charge in [0.15, 0.2) is 0 Å². The smallest absolute Gasteiger partial charge is 0.123 e. The van der Waals surface area contributed by atoms with E-state index in [9.17, 15) is 8.78 Å². The number of allylic oxidation sites excluding steroid dienone is 4. The van der Waals surface area contributed by atoms with E-state index in [0.717, 1.165) is 49.4 Å². The van der Waals surface area contributed by atoms with E-state index in [4.69, 9.17) is 0 Å². The fraction of sp³-hybridized carbons (Fsp3) is 0.423. The van der Waals surface area contributed by atoms with Crippen molar-refractivity contribution in [2.75, 3.05) is 26.2 Å². The number of nitrogens with one attached hydrogen (secondary N) is 1. The summed E-state index contributed by atoms with van der Waals surface area (Å²) in [6.07, 6.45) is 5.50. The zero-order valence-electron chi connectivity index (χ0n) is 19.4. The molecule has 1 fully saturated rings. The van der Waals surface area contributed by atoms with Crippen LogP contribution in [0.1, 0.15) is 46.1 Å². The van der Waals surface area contributed by atoms with Gasteiger partial charge in [-0.2, -0.15) is 0 Å². The SMILES string of the molecule is C=C(CC)N1CCNCC1.C=C(N=C(C)c1ccc(F)cc1)C1=CCC(F)C=C1.CC. The Kier molecular flexibility index (Phi) is 12.4.